The van der Waals surface area contributed by atoms with Crippen molar-refractivity contribution in [2.45, 2.75) is 18.1 Å². The molecule has 6 nitrogen and oxygen atoms in total. The van der Waals surface area contributed by atoms with Crippen molar-refractivity contribution >= 4 is 17.7 Å². The van der Waals surface area contributed by atoms with Gasteiger partial charge in [0.05, 0.1) is 12.9 Å². The van der Waals surface area contributed by atoms with Gasteiger partial charge in [0.2, 0.25) is 11.8 Å². The molecule has 0 aliphatic carbocycles. The molecule has 3 aromatic rings. The zero-order valence-electron chi connectivity index (χ0n) is 15.2. The molecular formula is C20H21N3O3S. The van der Waals surface area contributed by atoms with Crippen LogP contribution < -0.4 is 10.1 Å². The first kappa shape index (κ1) is 19.0. The lowest BCUT2D eigenvalue weighted by molar-refractivity contribution is -0.118. The maximum atomic E-state index is 12.1. The van der Waals surface area contributed by atoms with Crippen LogP contribution >= 0.6 is 11.8 Å². The summed E-state index contributed by atoms with van der Waals surface area (Å²) in [5.74, 6) is 1.59. The smallest absolute Gasteiger partial charge is 0.277 e. The number of rotatable bonds is 8. The maximum Gasteiger partial charge on any atom is 0.277 e. The number of hydrogen-bond acceptors (Lipinski definition) is 6. The number of carbonyl (C=O) groups excluding carboxylic acids is 1. The Labute approximate surface area is 162 Å². The summed E-state index contributed by atoms with van der Waals surface area (Å²) >= 11 is 1.22. The standard InChI is InChI=1S/C20H21N3O3S/c1-14(15-6-4-3-5-7-15)12-21-18(24)13-27-20-23-22-19(26-20)16-8-10-17(25-2)11-9-16/h3-11,14H,12-13H2,1-2H3,(H,21,24)/t14-/m1/s1. The Morgan fingerprint density at radius 1 is 1.15 bits per heavy atom. The Morgan fingerprint density at radius 2 is 1.89 bits per heavy atom. The minimum Gasteiger partial charge on any atom is -0.497 e. The topological polar surface area (TPSA) is 77.2 Å². The third kappa shape index (κ3) is 5.34. The van der Waals surface area contributed by atoms with Crippen LogP contribution in [0.25, 0.3) is 11.5 Å². The van der Waals surface area contributed by atoms with Crippen molar-refractivity contribution in [1.82, 2.24) is 15.5 Å². The number of ether oxygens (including phenoxy) is 1. The molecule has 0 unspecified atom stereocenters. The Hall–Kier alpha value is -2.80. The zero-order chi connectivity index (χ0) is 19.1. The summed E-state index contributed by atoms with van der Waals surface area (Å²) in [5.41, 5.74) is 2.00. The van der Waals surface area contributed by atoms with Crippen molar-refractivity contribution in [3.05, 3.63) is 60.2 Å². The molecule has 1 amide bonds. The molecule has 3 rings (SSSR count). The number of aromatic nitrogens is 2. The molecule has 1 N–H and O–H groups in total. The predicted octanol–water partition coefficient (Wildman–Crippen LogP) is 3.76. The average molecular weight is 383 g/mol. The fraction of sp³-hybridized carbons (Fsp3) is 0.250. The van der Waals surface area contributed by atoms with E-state index in [4.69, 9.17) is 9.15 Å². The molecule has 2 aromatic carbocycles. The highest BCUT2D eigenvalue weighted by atomic mass is 32.2. The number of hydrogen-bond donors (Lipinski definition) is 1. The summed E-state index contributed by atoms with van der Waals surface area (Å²) in [7, 11) is 1.61. The Balaban J connectivity index is 1.47. The fourth-order valence-electron chi connectivity index (χ4n) is 2.46. The van der Waals surface area contributed by atoms with E-state index in [1.165, 1.54) is 17.3 Å². The highest BCUT2D eigenvalue weighted by Crippen LogP contribution is 2.24. The van der Waals surface area contributed by atoms with Crippen molar-refractivity contribution in [2.24, 2.45) is 0 Å². The van der Waals surface area contributed by atoms with Gasteiger partial charge in [-0.2, -0.15) is 0 Å². The largest absolute Gasteiger partial charge is 0.497 e. The Bertz CT molecular complexity index is 866. The molecule has 1 atom stereocenters. The number of nitrogens with zero attached hydrogens (tertiary/aromatic N) is 2. The molecule has 0 saturated heterocycles. The van der Waals surface area contributed by atoms with Crippen LogP contribution in [0.2, 0.25) is 0 Å². The van der Waals surface area contributed by atoms with Crippen molar-refractivity contribution in [3.63, 3.8) is 0 Å². The second kappa shape index (κ2) is 9.23. The van der Waals surface area contributed by atoms with Gasteiger partial charge in [-0.15, -0.1) is 10.2 Å². The number of carbonyl (C=O) groups is 1. The normalized spacial score (nSPS) is 11.8. The second-order valence-electron chi connectivity index (χ2n) is 6.01. The molecule has 140 valence electrons. The van der Waals surface area contributed by atoms with Crippen molar-refractivity contribution in [1.29, 1.82) is 0 Å². The van der Waals surface area contributed by atoms with Gasteiger partial charge < -0.3 is 14.5 Å². The summed E-state index contributed by atoms with van der Waals surface area (Å²) in [5, 5.41) is 11.3. The number of amides is 1. The van der Waals surface area contributed by atoms with Crippen molar-refractivity contribution in [2.75, 3.05) is 19.4 Å². The highest BCUT2D eigenvalue weighted by molar-refractivity contribution is 7.99. The average Bonchev–Trinajstić information content (AvgIpc) is 3.20. The van der Waals surface area contributed by atoms with Crippen LogP contribution in [0, 0.1) is 0 Å². The SMILES string of the molecule is COc1ccc(-c2nnc(SCC(=O)NC[C@@H](C)c3ccccc3)o2)cc1. The Morgan fingerprint density at radius 3 is 2.59 bits per heavy atom. The van der Waals surface area contributed by atoms with E-state index >= 15 is 0 Å². The summed E-state index contributed by atoms with van der Waals surface area (Å²) in [6, 6.07) is 17.4. The van der Waals surface area contributed by atoms with Gasteiger partial charge in [-0.25, -0.2) is 0 Å². The Kier molecular flexibility index (Phi) is 6.49. The van der Waals surface area contributed by atoms with Crippen LogP contribution in [0.3, 0.4) is 0 Å². The van der Waals surface area contributed by atoms with E-state index < -0.39 is 0 Å². The molecule has 0 spiro atoms. The zero-order valence-corrected chi connectivity index (χ0v) is 16.0. The van der Waals surface area contributed by atoms with Crippen molar-refractivity contribution in [3.8, 4) is 17.2 Å². The molecule has 1 aromatic heterocycles. The molecule has 0 fully saturated rings. The second-order valence-corrected chi connectivity index (χ2v) is 6.93. The van der Waals surface area contributed by atoms with E-state index in [2.05, 4.69) is 34.6 Å². The summed E-state index contributed by atoms with van der Waals surface area (Å²) in [6.07, 6.45) is 0. The molecule has 0 bridgehead atoms. The van der Waals surface area contributed by atoms with Gasteiger partial charge >= 0.3 is 0 Å². The van der Waals surface area contributed by atoms with E-state index in [1.807, 2.05) is 42.5 Å². The molecule has 27 heavy (non-hydrogen) atoms. The monoisotopic (exact) mass is 383 g/mol. The minimum atomic E-state index is -0.0630. The molecule has 1 heterocycles. The lowest BCUT2D eigenvalue weighted by Gasteiger charge is -2.12. The molecule has 0 aliphatic heterocycles. The molecule has 0 radical (unpaired) electrons. The third-order valence-corrected chi connectivity index (χ3v) is 4.86. The third-order valence-electron chi connectivity index (χ3n) is 4.04. The lowest BCUT2D eigenvalue weighted by Crippen LogP contribution is -2.28. The van der Waals surface area contributed by atoms with Gasteiger partial charge in [-0.3, -0.25) is 4.79 Å². The first-order valence-electron chi connectivity index (χ1n) is 8.58. The molecule has 0 saturated carbocycles. The quantitative estimate of drug-likeness (QED) is 0.597. The first-order valence-corrected chi connectivity index (χ1v) is 9.56. The van der Waals surface area contributed by atoms with Crippen molar-refractivity contribution < 1.29 is 13.9 Å². The highest BCUT2D eigenvalue weighted by Gasteiger charge is 2.12. The van der Waals surface area contributed by atoms with Gasteiger partial charge in [0, 0.05) is 12.1 Å². The summed E-state index contributed by atoms with van der Waals surface area (Å²) < 4.78 is 10.7. The molecule has 7 heteroatoms. The van der Waals surface area contributed by atoms with Crippen LogP contribution in [-0.4, -0.2) is 35.5 Å². The predicted molar refractivity (Wildman–Crippen MR) is 105 cm³/mol. The fourth-order valence-corrected chi connectivity index (χ4v) is 3.06. The van der Waals surface area contributed by atoms with Gasteiger partial charge in [-0.05, 0) is 35.7 Å². The van der Waals surface area contributed by atoms with E-state index in [0.717, 1.165) is 11.3 Å². The first-order chi connectivity index (χ1) is 13.2. The van der Waals surface area contributed by atoms with Gasteiger partial charge in [-0.1, -0.05) is 49.0 Å². The van der Waals surface area contributed by atoms with E-state index in [-0.39, 0.29) is 17.6 Å². The van der Waals surface area contributed by atoms with Gasteiger partial charge in [0.15, 0.2) is 0 Å². The number of thioether (sulfide) groups is 1. The molecule has 0 aliphatic rings. The summed E-state index contributed by atoms with van der Waals surface area (Å²) in [4.78, 5) is 12.1. The van der Waals surface area contributed by atoms with Crippen LogP contribution in [0.5, 0.6) is 5.75 Å². The van der Waals surface area contributed by atoms with Gasteiger partial charge in [0.25, 0.3) is 5.22 Å². The number of nitrogens with one attached hydrogen (secondary N) is 1. The minimum absolute atomic E-state index is 0.0630. The summed E-state index contributed by atoms with van der Waals surface area (Å²) in [6.45, 7) is 2.67. The molecular weight excluding hydrogens is 362 g/mol. The number of methoxy groups -OCH3 is 1. The van der Waals surface area contributed by atoms with E-state index in [1.54, 1.807) is 7.11 Å². The van der Waals surface area contributed by atoms with Crippen LogP contribution in [0.1, 0.15) is 18.4 Å². The van der Waals surface area contributed by atoms with Crippen LogP contribution in [-0.2, 0) is 4.79 Å². The lowest BCUT2D eigenvalue weighted by atomic mass is 10.0. The van der Waals surface area contributed by atoms with Gasteiger partial charge in [0.1, 0.15) is 5.75 Å². The number of benzene rings is 2. The van der Waals surface area contributed by atoms with Crippen LogP contribution in [0.15, 0.2) is 64.2 Å². The van der Waals surface area contributed by atoms with E-state index in [9.17, 15) is 4.79 Å². The van der Waals surface area contributed by atoms with E-state index in [0.29, 0.717) is 17.7 Å². The van der Waals surface area contributed by atoms with Crippen LogP contribution in [0.4, 0.5) is 0 Å². The maximum absolute atomic E-state index is 12.1.